The van der Waals surface area contributed by atoms with Crippen molar-refractivity contribution < 1.29 is 0 Å². The zero-order chi connectivity index (χ0) is 15.8. The largest absolute Gasteiger partial charge is 0.324 e. The fourth-order valence-corrected chi connectivity index (χ4v) is 3.58. The van der Waals surface area contributed by atoms with Crippen LogP contribution in [0, 0.1) is 6.92 Å². The molecule has 0 N–H and O–H groups in total. The van der Waals surface area contributed by atoms with E-state index in [1.807, 2.05) is 37.4 Å². The van der Waals surface area contributed by atoms with Crippen LogP contribution in [0.4, 0.5) is 0 Å². The molecule has 1 aromatic carbocycles. The van der Waals surface area contributed by atoms with E-state index in [1.165, 1.54) is 6.07 Å². The van der Waals surface area contributed by atoms with E-state index in [2.05, 4.69) is 14.5 Å². The zero-order valence-electron chi connectivity index (χ0n) is 12.8. The molecule has 2 heterocycles. The van der Waals surface area contributed by atoms with Gasteiger partial charge in [0.2, 0.25) is 0 Å². The molecule has 0 spiro atoms. The molecule has 5 nitrogen and oxygen atoms in total. The van der Waals surface area contributed by atoms with Crippen molar-refractivity contribution in [2.45, 2.75) is 36.7 Å². The molecule has 0 amide bonds. The van der Waals surface area contributed by atoms with Gasteiger partial charge in [0.15, 0.2) is 5.16 Å². The lowest BCUT2D eigenvalue weighted by Gasteiger charge is -2.11. The number of hydrogen-bond donors (Lipinski definition) is 0. The van der Waals surface area contributed by atoms with Gasteiger partial charge in [0.25, 0.3) is 5.56 Å². The van der Waals surface area contributed by atoms with Crippen molar-refractivity contribution in [2.24, 2.45) is 0 Å². The number of hydrogen-bond acceptors (Lipinski definition) is 5. The smallest absolute Gasteiger partial charge is 0.273 e. The third kappa shape index (κ3) is 2.99. The summed E-state index contributed by atoms with van der Waals surface area (Å²) in [4.78, 5) is 25.1. The fourth-order valence-electron chi connectivity index (χ4n) is 2.53. The molecule has 1 aliphatic rings. The van der Waals surface area contributed by atoms with Gasteiger partial charge in [0, 0.05) is 24.1 Å². The number of rotatable bonds is 4. The Hall–Kier alpha value is -2.21. The Morgan fingerprint density at radius 3 is 2.61 bits per heavy atom. The molecular weight excluding hydrogens is 308 g/mol. The molecule has 0 saturated heterocycles. The summed E-state index contributed by atoms with van der Waals surface area (Å²) in [6.45, 7) is 1.97. The predicted molar refractivity (Wildman–Crippen MR) is 90.6 cm³/mol. The highest BCUT2D eigenvalue weighted by molar-refractivity contribution is 7.98. The Labute approximate surface area is 137 Å². The number of nitrogens with zero attached hydrogens (tertiary/aromatic N) is 4. The van der Waals surface area contributed by atoms with E-state index in [0.717, 1.165) is 40.4 Å². The molecule has 116 valence electrons. The van der Waals surface area contributed by atoms with E-state index in [4.69, 9.17) is 4.98 Å². The number of aryl methyl sites for hydroxylation is 1. The molecule has 4 rings (SSSR count). The van der Waals surface area contributed by atoms with E-state index in [-0.39, 0.29) is 5.56 Å². The minimum absolute atomic E-state index is 0.189. The highest BCUT2D eigenvalue weighted by atomic mass is 32.2. The van der Waals surface area contributed by atoms with Gasteiger partial charge in [-0.15, -0.1) is 0 Å². The maximum absolute atomic E-state index is 11.6. The summed E-state index contributed by atoms with van der Waals surface area (Å²) in [5.41, 5.74) is 3.48. The third-order valence-corrected chi connectivity index (χ3v) is 4.90. The Kier molecular flexibility index (Phi) is 3.61. The molecule has 1 fully saturated rings. The fraction of sp³-hybridized carbons (Fsp3) is 0.294. The highest BCUT2D eigenvalue weighted by Crippen LogP contribution is 2.37. The Balaban J connectivity index is 1.63. The SMILES string of the molecule is Cc1nc2ccccc2nc1CSc1nc(=O)ccn1C1CC1. The second kappa shape index (κ2) is 5.77. The predicted octanol–water partition coefficient (Wildman–Crippen LogP) is 3.12. The van der Waals surface area contributed by atoms with Crippen LogP contribution in [-0.2, 0) is 5.75 Å². The summed E-state index contributed by atoms with van der Waals surface area (Å²) >= 11 is 1.55. The number of thioether (sulfide) groups is 1. The molecular formula is C17H16N4OS. The average Bonchev–Trinajstić information content (AvgIpc) is 3.38. The summed E-state index contributed by atoms with van der Waals surface area (Å²) in [5, 5.41) is 0.773. The summed E-state index contributed by atoms with van der Waals surface area (Å²) in [6, 6.07) is 9.89. The number of benzene rings is 1. The quantitative estimate of drug-likeness (QED) is 0.545. The Morgan fingerprint density at radius 1 is 1.13 bits per heavy atom. The summed E-state index contributed by atoms with van der Waals surface area (Å²) in [7, 11) is 0. The molecule has 6 heteroatoms. The topological polar surface area (TPSA) is 60.7 Å². The van der Waals surface area contributed by atoms with Crippen molar-refractivity contribution in [2.75, 3.05) is 0 Å². The van der Waals surface area contributed by atoms with Crippen LogP contribution in [0.5, 0.6) is 0 Å². The van der Waals surface area contributed by atoms with Gasteiger partial charge in [-0.3, -0.25) is 4.79 Å². The molecule has 1 aliphatic carbocycles. The van der Waals surface area contributed by atoms with Gasteiger partial charge < -0.3 is 4.57 Å². The van der Waals surface area contributed by atoms with E-state index in [0.29, 0.717) is 11.8 Å². The lowest BCUT2D eigenvalue weighted by molar-refractivity contribution is 0.624. The van der Waals surface area contributed by atoms with Gasteiger partial charge in [0.05, 0.1) is 22.4 Å². The first-order valence-electron chi connectivity index (χ1n) is 7.65. The number of fused-ring (bicyclic) bond motifs is 1. The lowest BCUT2D eigenvalue weighted by Crippen LogP contribution is -2.12. The number of aromatic nitrogens is 4. The molecule has 3 aromatic rings. The van der Waals surface area contributed by atoms with Gasteiger partial charge in [-0.05, 0) is 31.9 Å². The first-order chi connectivity index (χ1) is 11.2. The standard InChI is InChI=1S/C17H16N4OS/c1-11-15(19-14-5-3-2-4-13(14)18-11)10-23-17-20-16(22)8-9-21(17)12-6-7-12/h2-5,8-9,12H,6-7,10H2,1H3. The van der Waals surface area contributed by atoms with Crippen LogP contribution in [0.15, 0.2) is 46.5 Å². The van der Waals surface area contributed by atoms with Crippen molar-refractivity contribution in [1.29, 1.82) is 0 Å². The van der Waals surface area contributed by atoms with Crippen LogP contribution in [0.25, 0.3) is 11.0 Å². The first kappa shape index (κ1) is 14.4. The zero-order valence-corrected chi connectivity index (χ0v) is 13.6. The summed E-state index contributed by atoms with van der Waals surface area (Å²) in [5.74, 6) is 0.660. The third-order valence-electron chi connectivity index (χ3n) is 3.93. The van der Waals surface area contributed by atoms with Crippen molar-refractivity contribution in [3.05, 3.63) is 58.3 Å². The van der Waals surface area contributed by atoms with E-state index in [9.17, 15) is 4.79 Å². The van der Waals surface area contributed by atoms with Crippen LogP contribution in [-0.4, -0.2) is 19.5 Å². The van der Waals surface area contributed by atoms with Gasteiger partial charge in [-0.2, -0.15) is 4.98 Å². The Bertz CT molecular complexity index is 933. The molecule has 0 bridgehead atoms. The molecule has 0 radical (unpaired) electrons. The van der Waals surface area contributed by atoms with Crippen LogP contribution >= 0.6 is 11.8 Å². The van der Waals surface area contributed by atoms with Crippen LogP contribution in [0.1, 0.15) is 30.3 Å². The van der Waals surface area contributed by atoms with E-state index in [1.54, 1.807) is 11.8 Å². The molecule has 2 aromatic heterocycles. The van der Waals surface area contributed by atoms with Crippen LogP contribution in [0.3, 0.4) is 0 Å². The van der Waals surface area contributed by atoms with Crippen LogP contribution in [0.2, 0.25) is 0 Å². The maximum atomic E-state index is 11.6. The monoisotopic (exact) mass is 324 g/mol. The van der Waals surface area contributed by atoms with Crippen molar-refractivity contribution in [3.8, 4) is 0 Å². The molecule has 0 unspecified atom stereocenters. The summed E-state index contributed by atoms with van der Waals surface area (Å²) in [6.07, 6.45) is 4.17. The normalized spacial score (nSPS) is 14.3. The van der Waals surface area contributed by atoms with Crippen LogP contribution < -0.4 is 5.56 Å². The molecule has 1 saturated carbocycles. The molecule has 0 atom stereocenters. The van der Waals surface area contributed by atoms with Crippen molar-refractivity contribution in [1.82, 2.24) is 19.5 Å². The Morgan fingerprint density at radius 2 is 1.87 bits per heavy atom. The van der Waals surface area contributed by atoms with Gasteiger partial charge in [-0.1, -0.05) is 23.9 Å². The van der Waals surface area contributed by atoms with E-state index < -0.39 is 0 Å². The first-order valence-corrected chi connectivity index (χ1v) is 8.63. The number of para-hydroxylation sites is 2. The second-order valence-corrected chi connectivity index (χ2v) is 6.66. The van der Waals surface area contributed by atoms with Crippen molar-refractivity contribution >= 4 is 22.8 Å². The van der Waals surface area contributed by atoms with Gasteiger partial charge in [0.1, 0.15) is 0 Å². The minimum atomic E-state index is -0.189. The maximum Gasteiger partial charge on any atom is 0.273 e. The lowest BCUT2D eigenvalue weighted by atomic mass is 10.2. The van der Waals surface area contributed by atoms with Gasteiger partial charge in [-0.25, -0.2) is 9.97 Å². The molecule has 23 heavy (non-hydrogen) atoms. The molecule has 0 aliphatic heterocycles. The second-order valence-electron chi connectivity index (χ2n) is 5.72. The average molecular weight is 324 g/mol. The van der Waals surface area contributed by atoms with Crippen molar-refractivity contribution in [3.63, 3.8) is 0 Å². The minimum Gasteiger partial charge on any atom is -0.324 e. The summed E-state index contributed by atoms with van der Waals surface area (Å²) < 4.78 is 2.11. The van der Waals surface area contributed by atoms with Gasteiger partial charge >= 0.3 is 0 Å². The highest BCUT2D eigenvalue weighted by Gasteiger charge is 2.25. The van der Waals surface area contributed by atoms with E-state index >= 15 is 0 Å².